The van der Waals surface area contributed by atoms with E-state index in [2.05, 4.69) is 4.98 Å². The summed E-state index contributed by atoms with van der Waals surface area (Å²) in [5, 5.41) is 0.966. The maximum absolute atomic E-state index is 14.0. The van der Waals surface area contributed by atoms with E-state index in [-0.39, 0.29) is 11.1 Å². The SMILES string of the molecule is CSc1nc2ccc(Cl)cc2c(=O)n1-c1ccc(F)cc1F. The first-order valence-electron chi connectivity index (χ1n) is 6.23. The lowest BCUT2D eigenvalue weighted by Crippen LogP contribution is -2.22. The molecule has 0 saturated carbocycles. The Morgan fingerprint density at radius 1 is 1.18 bits per heavy atom. The van der Waals surface area contributed by atoms with Crippen LogP contribution in [0.1, 0.15) is 0 Å². The number of hydrogen-bond donors (Lipinski definition) is 0. The highest BCUT2D eigenvalue weighted by atomic mass is 35.5. The smallest absolute Gasteiger partial charge is 0.266 e. The van der Waals surface area contributed by atoms with Crippen LogP contribution >= 0.6 is 23.4 Å². The van der Waals surface area contributed by atoms with Crippen LogP contribution in [0.2, 0.25) is 5.02 Å². The van der Waals surface area contributed by atoms with Crippen molar-refractivity contribution in [1.29, 1.82) is 0 Å². The van der Waals surface area contributed by atoms with E-state index in [1.807, 2.05) is 0 Å². The third kappa shape index (κ3) is 2.48. The first-order chi connectivity index (χ1) is 10.5. The third-order valence-electron chi connectivity index (χ3n) is 3.13. The molecule has 0 unspecified atom stereocenters. The Hall–Kier alpha value is -1.92. The molecule has 3 rings (SSSR count). The highest BCUT2D eigenvalue weighted by Gasteiger charge is 2.16. The summed E-state index contributed by atoms with van der Waals surface area (Å²) in [5.41, 5.74) is -0.0370. The molecule has 0 bridgehead atoms. The highest BCUT2D eigenvalue weighted by molar-refractivity contribution is 7.98. The predicted octanol–water partition coefficient (Wildman–Crippen LogP) is 4.04. The fourth-order valence-electron chi connectivity index (χ4n) is 2.15. The summed E-state index contributed by atoms with van der Waals surface area (Å²) < 4.78 is 28.3. The second-order valence-electron chi connectivity index (χ2n) is 4.50. The fraction of sp³-hybridized carbons (Fsp3) is 0.0667. The highest BCUT2D eigenvalue weighted by Crippen LogP contribution is 2.23. The van der Waals surface area contributed by atoms with Crippen molar-refractivity contribution in [1.82, 2.24) is 9.55 Å². The first kappa shape index (κ1) is 15.0. The van der Waals surface area contributed by atoms with Crippen molar-refractivity contribution < 1.29 is 8.78 Å². The van der Waals surface area contributed by atoms with Gasteiger partial charge in [-0.15, -0.1) is 0 Å². The second kappa shape index (κ2) is 5.70. The van der Waals surface area contributed by atoms with E-state index in [0.717, 1.165) is 16.7 Å². The van der Waals surface area contributed by atoms with Crippen LogP contribution in [0.25, 0.3) is 16.6 Å². The van der Waals surface area contributed by atoms with Gasteiger partial charge in [-0.25, -0.2) is 13.8 Å². The Labute approximate surface area is 133 Å². The third-order valence-corrected chi connectivity index (χ3v) is 4.01. The number of thioether (sulfide) groups is 1. The molecule has 0 spiro atoms. The van der Waals surface area contributed by atoms with Gasteiger partial charge in [0.25, 0.3) is 5.56 Å². The van der Waals surface area contributed by atoms with Crippen LogP contribution in [0.5, 0.6) is 0 Å². The monoisotopic (exact) mass is 338 g/mol. The van der Waals surface area contributed by atoms with Gasteiger partial charge < -0.3 is 0 Å². The molecule has 0 atom stereocenters. The Morgan fingerprint density at radius 2 is 1.95 bits per heavy atom. The number of fused-ring (bicyclic) bond motifs is 1. The molecule has 2 aromatic carbocycles. The molecule has 0 amide bonds. The lowest BCUT2D eigenvalue weighted by Gasteiger charge is -2.12. The molecule has 0 aliphatic rings. The number of aromatic nitrogens is 2. The van der Waals surface area contributed by atoms with Gasteiger partial charge in [-0.3, -0.25) is 9.36 Å². The minimum Gasteiger partial charge on any atom is -0.268 e. The van der Waals surface area contributed by atoms with Gasteiger partial charge in [-0.05, 0) is 36.6 Å². The van der Waals surface area contributed by atoms with Gasteiger partial charge in [-0.1, -0.05) is 23.4 Å². The van der Waals surface area contributed by atoms with Gasteiger partial charge in [0, 0.05) is 11.1 Å². The molecule has 0 aliphatic carbocycles. The molecule has 22 heavy (non-hydrogen) atoms. The van der Waals surface area contributed by atoms with Crippen LogP contribution in [0.3, 0.4) is 0 Å². The summed E-state index contributed by atoms with van der Waals surface area (Å²) >= 11 is 7.10. The number of rotatable bonds is 2. The van der Waals surface area contributed by atoms with Crippen LogP contribution in [0.4, 0.5) is 8.78 Å². The second-order valence-corrected chi connectivity index (χ2v) is 5.71. The quantitative estimate of drug-likeness (QED) is 0.522. The summed E-state index contributed by atoms with van der Waals surface area (Å²) in [4.78, 5) is 17.0. The molecule has 7 heteroatoms. The summed E-state index contributed by atoms with van der Waals surface area (Å²) in [6, 6.07) is 7.77. The van der Waals surface area contributed by atoms with E-state index in [0.29, 0.717) is 15.7 Å². The van der Waals surface area contributed by atoms with Crippen molar-refractivity contribution in [2.45, 2.75) is 5.16 Å². The Balaban J connectivity index is 2.41. The van der Waals surface area contributed by atoms with Gasteiger partial charge in [0.15, 0.2) is 5.16 Å². The van der Waals surface area contributed by atoms with E-state index in [1.165, 1.54) is 23.9 Å². The molecule has 1 heterocycles. The Bertz CT molecular complexity index is 943. The molecular formula is C15H9ClF2N2OS. The zero-order chi connectivity index (χ0) is 15.9. The Morgan fingerprint density at radius 3 is 2.64 bits per heavy atom. The topological polar surface area (TPSA) is 34.9 Å². The maximum Gasteiger partial charge on any atom is 0.266 e. The molecule has 0 radical (unpaired) electrons. The maximum atomic E-state index is 14.0. The lowest BCUT2D eigenvalue weighted by atomic mass is 10.2. The average molecular weight is 339 g/mol. The summed E-state index contributed by atoms with van der Waals surface area (Å²) in [5.74, 6) is -1.54. The van der Waals surface area contributed by atoms with Gasteiger partial charge >= 0.3 is 0 Å². The number of nitrogens with zero attached hydrogens (tertiary/aromatic N) is 2. The average Bonchev–Trinajstić information content (AvgIpc) is 2.49. The van der Waals surface area contributed by atoms with Crippen LogP contribution < -0.4 is 5.56 Å². The van der Waals surface area contributed by atoms with Crippen LogP contribution in [0, 0.1) is 11.6 Å². The first-order valence-corrected chi connectivity index (χ1v) is 7.83. The van der Waals surface area contributed by atoms with Crippen molar-refractivity contribution >= 4 is 34.3 Å². The van der Waals surface area contributed by atoms with Crippen LogP contribution in [-0.2, 0) is 0 Å². The van der Waals surface area contributed by atoms with Crippen molar-refractivity contribution in [3.63, 3.8) is 0 Å². The van der Waals surface area contributed by atoms with E-state index in [9.17, 15) is 13.6 Å². The molecule has 1 aromatic heterocycles. The zero-order valence-electron chi connectivity index (χ0n) is 11.3. The summed E-state index contributed by atoms with van der Waals surface area (Å²) in [6.45, 7) is 0. The number of hydrogen-bond acceptors (Lipinski definition) is 3. The normalized spacial score (nSPS) is 11.1. The van der Waals surface area contributed by atoms with Gasteiger partial charge in [-0.2, -0.15) is 0 Å². The van der Waals surface area contributed by atoms with Crippen molar-refractivity contribution in [2.24, 2.45) is 0 Å². The van der Waals surface area contributed by atoms with Crippen molar-refractivity contribution in [3.8, 4) is 5.69 Å². The van der Waals surface area contributed by atoms with Gasteiger partial charge in [0.05, 0.1) is 16.6 Å². The molecule has 0 N–H and O–H groups in total. The van der Waals surface area contributed by atoms with Crippen LogP contribution in [0.15, 0.2) is 46.3 Å². The minimum absolute atomic E-state index is 0.0508. The summed E-state index contributed by atoms with van der Waals surface area (Å²) in [7, 11) is 0. The van der Waals surface area contributed by atoms with E-state index < -0.39 is 17.2 Å². The lowest BCUT2D eigenvalue weighted by molar-refractivity contribution is 0.572. The summed E-state index contributed by atoms with van der Waals surface area (Å²) in [6.07, 6.45) is 1.72. The standard InChI is InChI=1S/C15H9ClF2N2OS/c1-22-15-19-12-4-2-8(16)6-10(12)14(21)20(15)13-5-3-9(17)7-11(13)18/h2-7H,1H3. The predicted molar refractivity (Wildman–Crippen MR) is 84.0 cm³/mol. The van der Waals surface area contributed by atoms with Gasteiger partial charge in [0.1, 0.15) is 11.6 Å². The number of benzene rings is 2. The van der Waals surface area contributed by atoms with Crippen molar-refractivity contribution in [3.05, 3.63) is 63.4 Å². The van der Waals surface area contributed by atoms with E-state index >= 15 is 0 Å². The minimum atomic E-state index is -0.833. The molecular weight excluding hydrogens is 330 g/mol. The van der Waals surface area contributed by atoms with E-state index in [1.54, 1.807) is 18.4 Å². The molecule has 3 aromatic rings. The molecule has 0 saturated heterocycles. The number of halogens is 3. The molecule has 0 aliphatic heterocycles. The van der Waals surface area contributed by atoms with E-state index in [4.69, 9.17) is 11.6 Å². The molecule has 112 valence electrons. The largest absolute Gasteiger partial charge is 0.268 e. The molecule has 0 fully saturated rings. The zero-order valence-corrected chi connectivity index (χ0v) is 12.9. The fourth-order valence-corrected chi connectivity index (χ4v) is 2.87. The molecule has 3 nitrogen and oxygen atoms in total. The van der Waals surface area contributed by atoms with Crippen LogP contribution in [-0.4, -0.2) is 15.8 Å². The van der Waals surface area contributed by atoms with Crippen molar-refractivity contribution in [2.75, 3.05) is 6.26 Å². The Kier molecular flexibility index (Phi) is 3.88. The van der Waals surface area contributed by atoms with Gasteiger partial charge in [0.2, 0.25) is 0 Å².